The molecule has 1 aromatic rings. The van der Waals surface area contributed by atoms with E-state index in [0.29, 0.717) is 5.69 Å². The van der Waals surface area contributed by atoms with Gasteiger partial charge in [0, 0.05) is 44.5 Å². The fourth-order valence-corrected chi connectivity index (χ4v) is 2.60. The van der Waals surface area contributed by atoms with Crippen LogP contribution in [0.3, 0.4) is 0 Å². The van der Waals surface area contributed by atoms with Crippen molar-refractivity contribution in [3.8, 4) is 0 Å². The van der Waals surface area contributed by atoms with Crippen molar-refractivity contribution in [2.45, 2.75) is 32.9 Å². The van der Waals surface area contributed by atoms with E-state index in [-0.39, 0.29) is 11.4 Å². The average molecular weight is 291 g/mol. The second-order valence-electron chi connectivity index (χ2n) is 6.47. The number of nitrogens with zero attached hydrogens (tertiary/aromatic N) is 4. The fourth-order valence-electron chi connectivity index (χ4n) is 2.60. The van der Waals surface area contributed by atoms with Crippen LogP contribution in [0.2, 0.25) is 0 Å². The number of nitrogens with two attached hydrogens (primary N) is 1. The molecule has 0 unspecified atom stereocenters. The first-order chi connectivity index (χ1) is 9.90. The van der Waals surface area contributed by atoms with Crippen molar-refractivity contribution in [3.63, 3.8) is 0 Å². The van der Waals surface area contributed by atoms with E-state index in [9.17, 15) is 0 Å². The maximum atomic E-state index is 8.71. The van der Waals surface area contributed by atoms with Crippen LogP contribution in [0.25, 0.3) is 0 Å². The molecule has 0 atom stereocenters. The molecule has 0 spiro atoms. The van der Waals surface area contributed by atoms with Gasteiger partial charge in [-0.15, -0.1) is 0 Å². The summed E-state index contributed by atoms with van der Waals surface area (Å²) in [4.78, 5) is 9.04. The predicted octanol–water partition coefficient (Wildman–Crippen LogP) is 1.09. The van der Waals surface area contributed by atoms with E-state index < -0.39 is 0 Å². The van der Waals surface area contributed by atoms with Gasteiger partial charge in [-0.25, -0.2) is 0 Å². The van der Waals surface area contributed by atoms with Crippen LogP contribution in [-0.4, -0.2) is 57.5 Å². The molecule has 0 radical (unpaired) electrons. The molecule has 6 heteroatoms. The van der Waals surface area contributed by atoms with Crippen LogP contribution in [0, 0.1) is 0 Å². The summed E-state index contributed by atoms with van der Waals surface area (Å²) in [5, 5.41) is 11.7. The summed E-state index contributed by atoms with van der Waals surface area (Å²) in [5.41, 5.74) is 7.47. The van der Waals surface area contributed by atoms with Crippen LogP contribution in [-0.2, 0) is 6.54 Å². The van der Waals surface area contributed by atoms with Crippen LogP contribution in [0.15, 0.2) is 23.5 Å². The lowest BCUT2D eigenvalue weighted by atomic mass is 10.0. The Morgan fingerprint density at radius 1 is 1.33 bits per heavy atom. The van der Waals surface area contributed by atoms with Gasteiger partial charge in [-0.2, -0.15) is 0 Å². The normalized spacial score (nSPS) is 18.9. The van der Waals surface area contributed by atoms with Crippen LogP contribution < -0.4 is 5.73 Å². The van der Waals surface area contributed by atoms with E-state index >= 15 is 0 Å². The Morgan fingerprint density at radius 3 is 2.57 bits per heavy atom. The minimum absolute atomic E-state index is 0.0504. The van der Waals surface area contributed by atoms with Crippen molar-refractivity contribution in [1.82, 2.24) is 14.8 Å². The Morgan fingerprint density at radius 2 is 2.00 bits per heavy atom. The van der Waals surface area contributed by atoms with Crippen molar-refractivity contribution in [1.29, 1.82) is 0 Å². The van der Waals surface area contributed by atoms with Crippen molar-refractivity contribution in [2.24, 2.45) is 10.9 Å². The molecular formula is C15H25N5O. The van der Waals surface area contributed by atoms with Crippen molar-refractivity contribution in [3.05, 3.63) is 29.6 Å². The maximum Gasteiger partial charge on any atom is 0.188 e. The second-order valence-corrected chi connectivity index (χ2v) is 6.47. The number of hydrogen-bond donors (Lipinski definition) is 2. The molecule has 0 bridgehead atoms. The third-order valence-electron chi connectivity index (χ3n) is 3.92. The summed E-state index contributed by atoms with van der Waals surface area (Å²) in [6.07, 6.45) is 1.70. The molecule has 21 heavy (non-hydrogen) atoms. The first-order valence-corrected chi connectivity index (χ1v) is 7.30. The molecule has 0 aromatic carbocycles. The van der Waals surface area contributed by atoms with E-state index in [4.69, 9.17) is 10.9 Å². The largest absolute Gasteiger partial charge is 0.409 e. The van der Waals surface area contributed by atoms with E-state index in [1.807, 2.05) is 12.1 Å². The van der Waals surface area contributed by atoms with Gasteiger partial charge in [0.2, 0.25) is 0 Å². The molecule has 3 N–H and O–H groups in total. The number of oxime groups is 1. The topological polar surface area (TPSA) is 78.0 Å². The molecule has 0 saturated carbocycles. The molecule has 1 saturated heterocycles. The van der Waals surface area contributed by atoms with E-state index in [1.54, 1.807) is 6.20 Å². The Balaban J connectivity index is 1.95. The highest BCUT2D eigenvalue weighted by atomic mass is 16.4. The average Bonchev–Trinajstić information content (AvgIpc) is 2.46. The smallest absolute Gasteiger partial charge is 0.188 e. The molecular weight excluding hydrogens is 266 g/mol. The second kappa shape index (κ2) is 6.41. The van der Waals surface area contributed by atoms with Gasteiger partial charge < -0.3 is 10.9 Å². The predicted molar refractivity (Wildman–Crippen MR) is 83.4 cm³/mol. The fraction of sp³-hybridized carbons (Fsp3) is 0.600. The summed E-state index contributed by atoms with van der Waals surface area (Å²) in [6, 6.07) is 3.86. The molecule has 1 aromatic heterocycles. The molecule has 1 fully saturated rings. The minimum Gasteiger partial charge on any atom is -0.409 e. The number of pyridine rings is 1. The van der Waals surface area contributed by atoms with Crippen molar-refractivity contribution < 1.29 is 5.21 Å². The molecule has 1 aliphatic rings. The number of aromatic nitrogens is 1. The summed E-state index contributed by atoms with van der Waals surface area (Å²) in [6.45, 7) is 11.9. The van der Waals surface area contributed by atoms with E-state index in [1.165, 1.54) is 0 Å². The van der Waals surface area contributed by atoms with Crippen molar-refractivity contribution >= 4 is 5.84 Å². The first kappa shape index (κ1) is 15.7. The van der Waals surface area contributed by atoms with E-state index in [0.717, 1.165) is 38.3 Å². The van der Waals surface area contributed by atoms with Crippen LogP contribution in [0.1, 0.15) is 32.0 Å². The third kappa shape index (κ3) is 4.15. The zero-order valence-electron chi connectivity index (χ0n) is 13.1. The molecule has 116 valence electrons. The number of rotatable bonds is 3. The van der Waals surface area contributed by atoms with Crippen LogP contribution in [0.4, 0.5) is 0 Å². The van der Waals surface area contributed by atoms with E-state index in [2.05, 4.69) is 40.7 Å². The van der Waals surface area contributed by atoms with Crippen molar-refractivity contribution in [2.75, 3.05) is 26.2 Å². The molecule has 6 nitrogen and oxygen atoms in total. The number of amidine groups is 1. The Kier molecular flexibility index (Phi) is 4.80. The summed E-state index contributed by atoms with van der Waals surface area (Å²) >= 11 is 0. The molecule has 2 heterocycles. The first-order valence-electron chi connectivity index (χ1n) is 7.30. The third-order valence-corrected chi connectivity index (χ3v) is 3.92. The van der Waals surface area contributed by atoms with Gasteiger partial charge in [-0.1, -0.05) is 5.16 Å². The zero-order chi connectivity index (χ0) is 15.5. The summed E-state index contributed by atoms with van der Waals surface area (Å²) in [5.74, 6) is 0.0504. The van der Waals surface area contributed by atoms with Gasteiger partial charge in [-0.05, 0) is 38.5 Å². The van der Waals surface area contributed by atoms with Gasteiger partial charge in [0.1, 0.15) is 5.69 Å². The Bertz CT molecular complexity index is 501. The van der Waals surface area contributed by atoms with Gasteiger partial charge in [0.25, 0.3) is 0 Å². The van der Waals surface area contributed by atoms with Crippen LogP contribution in [0.5, 0.6) is 0 Å². The Labute approximate surface area is 126 Å². The van der Waals surface area contributed by atoms with Gasteiger partial charge in [0.15, 0.2) is 5.84 Å². The zero-order valence-corrected chi connectivity index (χ0v) is 13.1. The quantitative estimate of drug-likeness (QED) is 0.377. The monoisotopic (exact) mass is 291 g/mol. The lowest BCUT2D eigenvalue weighted by Crippen LogP contribution is -2.53. The molecule has 1 aliphatic heterocycles. The molecule has 0 aliphatic carbocycles. The lowest BCUT2D eigenvalue weighted by Gasteiger charge is -2.42. The van der Waals surface area contributed by atoms with Gasteiger partial charge in [-0.3, -0.25) is 14.8 Å². The maximum absolute atomic E-state index is 8.71. The number of hydrogen-bond acceptors (Lipinski definition) is 5. The number of piperazine rings is 1. The van der Waals surface area contributed by atoms with Crippen LogP contribution >= 0.6 is 0 Å². The highest BCUT2D eigenvalue weighted by molar-refractivity contribution is 5.95. The Hall–Kier alpha value is -1.66. The van der Waals surface area contributed by atoms with Gasteiger partial charge >= 0.3 is 0 Å². The molecule has 2 rings (SSSR count). The SMILES string of the molecule is CC(C)(C)N1CCN(Cc2ccnc(C(N)=NO)c2)CC1. The molecule has 0 amide bonds. The summed E-state index contributed by atoms with van der Waals surface area (Å²) < 4.78 is 0. The highest BCUT2D eigenvalue weighted by Gasteiger charge is 2.25. The highest BCUT2D eigenvalue weighted by Crippen LogP contribution is 2.17. The lowest BCUT2D eigenvalue weighted by molar-refractivity contribution is 0.0591. The minimum atomic E-state index is 0.0504. The standard InChI is InChI=1S/C15H25N5O/c1-15(2,3)20-8-6-19(7-9-20)11-12-4-5-17-13(10-12)14(16)18-21/h4-5,10,21H,6-9,11H2,1-3H3,(H2,16,18). The summed E-state index contributed by atoms with van der Waals surface area (Å²) in [7, 11) is 0. The van der Waals surface area contributed by atoms with Gasteiger partial charge in [0.05, 0.1) is 0 Å².